The second-order valence-electron chi connectivity index (χ2n) is 18.1. The van der Waals surface area contributed by atoms with Gasteiger partial charge in [-0.25, -0.2) is 12.1 Å². The van der Waals surface area contributed by atoms with Crippen molar-refractivity contribution in [1.29, 1.82) is 0 Å². The first-order chi connectivity index (χ1) is 22.6. The van der Waals surface area contributed by atoms with Crippen LogP contribution in [0.2, 0.25) is 0 Å². The van der Waals surface area contributed by atoms with Crippen LogP contribution in [0.3, 0.4) is 0 Å². The number of benzene rings is 4. The predicted octanol–water partition coefficient (Wildman–Crippen LogP) is 7.56. The number of hydrogen-bond donors (Lipinski definition) is 0. The van der Waals surface area contributed by atoms with E-state index >= 15 is 0 Å². The summed E-state index contributed by atoms with van der Waals surface area (Å²) in [4.78, 5) is 0. The molecule has 0 heterocycles. The van der Waals surface area contributed by atoms with Crippen molar-refractivity contribution >= 4 is 0 Å². The summed E-state index contributed by atoms with van der Waals surface area (Å²) in [6.07, 6.45) is 3.26. The summed E-state index contributed by atoms with van der Waals surface area (Å²) in [5.74, 6) is 0. The van der Waals surface area contributed by atoms with E-state index in [1.807, 2.05) is 30.3 Å². The molecule has 6 rings (SSSR count). The van der Waals surface area contributed by atoms with Gasteiger partial charge in [0.2, 0.25) is 0 Å². The first-order valence-corrected chi connectivity index (χ1v) is 18.1. The minimum Gasteiger partial charge on any atom is -1.00 e. The molecule has 0 unspecified atom stereocenters. The second kappa shape index (κ2) is 18.7. The van der Waals surface area contributed by atoms with E-state index in [0.717, 1.165) is 6.42 Å². The molecule has 0 atom stereocenters. The smallest absolute Gasteiger partial charge is 1.00 e. The number of hydrogen-bond acceptors (Lipinski definition) is 0. The average molecular weight is 812 g/mol. The Balaban J connectivity index is 0.000000436. The van der Waals surface area contributed by atoms with Crippen molar-refractivity contribution in [2.24, 2.45) is 0 Å². The maximum Gasteiger partial charge on any atom is 2.00 e. The van der Waals surface area contributed by atoms with Crippen LogP contribution in [0.15, 0.2) is 97.1 Å². The summed E-state index contributed by atoms with van der Waals surface area (Å²) in [7, 11) is 0. The van der Waals surface area contributed by atoms with Gasteiger partial charge in [0.15, 0.2) is 0 Å². The average Bonchev–Trinajstić information content (AvgIpc) is 3.67. The van der Waals surface area contributed by atoms with E-state index in [4.69, 9.17) is 0 Å². The van der Waals surface area contributed by atoms with Crippen molar-refractivity contribution in [1.82, 2.24) is 0 Å². The fourth-order valence-corrected chi connectivity index (χ4v) is 6.69. The molecule has 0 amide bonds. The van der Waals surface area contributed by atoms with Gasteiger partial charge in [-0.05, 0) is 46.3 Å². The van der Waals surface area contributed by atoms with E-state index in [2.05, 4.69) is 176 Å². The summed E-state index contributed by atoms with van der Waals surface area (Å²) in [5, 5.41) is 0. The van der Waals surface area contributed by atoms with Crippen LogP contribution >= 0.6 is 0 Å². The summed E-state index contributed by atoms with van der Waals surface area (Å²) in [5.41, 5.74) is 17.3. The van der Waals surface area contributed by atoms with Crippen molar-refractivity contribution < 1.29 is 51.0 Å². The molecule has 5 aromatic carbocycles. The van der Waals surface area contributed by atoms with Gasteiger partial charge >= 0.3 is 26.2 Å². The SMILES string of the molecule is CC(C)(C)c1ccc([CH-]c2ccc(C(C)(C)C)cc2)cc1.Cc1[c-]c2c(cc1C(C)(C)C)-c1cc(C(C)(C)C)c(C)cc1C2.[Cl-].[Cl-].[Zr+2].c1cc[cH-]c1. The Labute approximate surface area is 350 Å². The third kappa shape index (κ3) is 12.6. The summed E-state index contributed by atoms with van der Waals surface area (Å²) >= 11 is 0. The minimum absolute atomic E-state index is 0. The van der Waals surface area contributed by atoms with Crippen LogP contribution in [0.4, 0.5) is 0 Å². The Kier molecular flexibility index (Phi) is 17.1. The molecule has 52 heavy (non-hydrogen) atoms. The molecule has 0 nitrogen and oxygen atoms in total. The molecule has 0 aromatic heterocycles. The molecule has 3 heteroatoms. The van der Waals surface area contributed by atoms with Crippen LogP contribution in [-0.2, 0) is 54.3 Å². The van der Waals surface area contributed by atoms with Crippen LogP contribution in [-0.4, -0.2) is 0 Å². The molecule has 5 aromatic rings. The largest absolute Gasteiger partial charge is 2.00 e. The zero-order valence-electron chi connectivity index (χ0n) is 34.3. The van der Waals surface area contributed by atoms with Gasteiger partial charge in [0, 0.05) is 0 Å². The van der Waals surface area contributed by atoms with Gasteiger partial charge < -0.3 is 24.8 Å². The zero-order valence-corrected chi connectivity index (χ0v) is 38.2. The monoisotopic (exact) mass is 809 g/mol. The Morgan fingerprint density at radius 2 is 0.981 bits per heavy atom. The van der Waals surface area contributed by atoms with Gasteiger partial charge in [0.05, 0.1) is 0 Å². The van der Waals surface area contributed by atoms with Crippen molar-refractivity contribution in [2.75, 3.05) is 0 Å². The first kappa shape index (κ1) is 47.6. The minimum atomic E-state index is 0. The molecule has 0 N–H and O–H groups in total. The predicted molar refractivity (Wildman–Crippen MR) is 215 cm³/mol. The van der Waals surface area contributed by atoms with Crippen LogP contribution in [0.25, 0.3) is 11.1 Å². The van der Waals surface area contributed by atoms with Crippen LogP contribution in [0.1, 0.15) is 139 Å². The zero-order chi connectivity index (χ0) is 36.4. The number of rotatable bonds is 2. The van der Waals surface area contributed by atoms with Crippen molar-refractivity contribution in [3.63, 3.8) is 0 Å². The van der Waals surface area contributed by atoms with Crippen LogP contribution < -0.4 is 24.8 Å². The van der Waals surface area contributed by atoms with E-state index in [1.54, 1.807) is 0 Å². The summed E-state index contributed by atoms with van der Waals surface area (Å²) in [6.45, 7) is 31.7. The van der Waals surface area contributed by atoms with Crippen molar-refractivity contribution in [3.8, 4) is 11.1 Å². The van der Waals surface area contributed by atoms with Gasteiger partial charge in [-0.15, -0.1) is 58.5 Å². The van der Waals surface area contributed by atoms with Gasteiger partial charge in [-0.3, -0.25) is 0 Å². The Bertz CT molecular complexity index is 1680. The molecule has 0 radical (unpaired) electrons. The summed E-state index contributed by atoms with van der Waals surface area (Å²) in [6, 6.07) is 38.7. The molecular formula is C49H61Cl2Zr-3. The molecule has 0 saturated carbocycles. The fourth-order valence-electron chi connectivity index (χ4n) is 6.69. The molecule has 0 aliphatic heterocycles. The standard InChI is InChI=1S/C23H29.C21H27.C5H5.2ClH.Zr/c1-14-9-16-11-17-10-15(2)21(23(6,7)8)13-19(17)18(16)12-20(14)22(3,4)5;1-20(2,3)18-11-7-16(8-12-18)15-17-9-13-19(14-10-17)21(4,5)6;1-2-4-5-3-1;;;/h9,12-13H,11H2,1-8H3;7-15H,1-6H3;1-5H;2*1H;/q3*-1;;;+2/p-2. The second-order valence-corrected chi connectivity index (χ2v) is 18.1. The Hall–Kier alpha value is -2.44. The van der Waals surface area contributed by atoms with E-state index in [1.165, 1.54) is 66.8 Å². The van der Waals surface area contributed by atoms with Crippen LogP contribution in [0.5, 0.6) is 0 Å². The van der Waals surface area contributed by atoms with Gasteiger partial charge in [-0.2, -0.15) is 35.9 Å². The topological polar surface area (TPSA) is 0 Å². The molecule has 0 fully saturated rings. The number of fused-ring (bicyclic) bond motifs is 3. The molecule has 1 aliphatic carbocycles. The van der Waals surface area contributed by atoms with Gasteiger partial charge in [-0.1, -0.05) is 149 Å². The van der Waals surface area contributed by atoms with E-state index in [-0.39, 0.29) is 72.7 Å². The van der Waals surface area contributed by atoms with Crippen molar-refractivity contribution in [2.45, 2.75) is 125 Å². The molecule has 278 valence electrons. The normalized spacial score (nSPS) is 11.9. The first-order valence-electron chi connectivity index (χ1n) is 18.1. The molecular weight excluding hydrogens is 751 g/mol. The van der Waals surface area contributed by atoms with E-state index < -0.39 is 0 Å². The maximum atomic E-state index is 3.69. The molecule has 0 bridgehead atoms. The molecule has 1 aliphatic rings. The summed E-state index contributed by atoms with van der Waals surface area (Å²) < 4.78 is 0. The fraction of sp³-hybridized carbons (Fsp3) is 0.388. The third-order valence-corrected chi connectivity index (χ3v) is 9.52. The number of halogens is 2. The maximum absolute atomic E-state index is 3.69. The van der Waals surface area contributed by atoms with Crippen LogP contribution in [0, 0.1) is 26.3 Å². The Morgan fingerprint density at radius 1 is 0.558 bits per heavy atom. The van der Waals surface area contributed by atoms with E-state index in [0.29, 0.717) is 0 Å². The molecule has 0 saturated heterocycles. The third-order valence-electron chi connectivity index (χ3n) is 9.52. The van der Waals surface area contributed by atoms with Crippen molar-refractivity contribution in [3.05, 3.63) is 165 Å². The van der Waals surface area contributed by atoms with Gasteiger partial charge in [0.1, 0.15) is 0 Å². The quantitative estimate of drug-likeness (QED) is 0.159. The molecule has 0 spiro atoms. The Morgan fingerprint density at radius 3 is 1.35 bits per heavy atom. The van der Waals surface area contributed by atoms with Gasteiger partial charge in [0.25, 0.3) is 0 Å². The van der Waals surface area contributed by atoms with E-state index in [9.17, 15) is 0 Å². The number of aryl methyl sites for hydroxylation is 2.